The third-order valence-corrected chi connectivity index (χ3v) is 6.62. The van der Waals surface area contributed by atoms with Crippen LogP contribution in [0.1, 0.15) is 75.6 Å². The van der Waals surface area contributed by atoms with E-state index in [9.17, 15) is 4.79 Å². The van der Waals surface area contributed by atoms with E-state index in [1.54, 1.807) is 7.11 Å². The number of guanidine groups is 1. The van der Waals surface area contributed by atoms with Gasteiger partial charge >= 0.3 is 0 Å². The van der Waals surface area contributed by atoms with E-state index in [4.69, 9.17) is 15.5 Å². The highest BCUT2D eigenvalue weighted by Crippen LogP contribution is 2.56. The average molecular weight is 386 g/mol. The van der Waals surface area contributed by atoms with Gasteiger partial charge in [0.2, 0.25) is 6.41 Å². The van der Waals surface area contributed by atoms with Gasteiger partial charge in [-0.1, -0.05) is 31.5 Å². The molecule has 0 aliphatic heterocycles. The van der Waals surface area contributed by atoms with Crippen LogP contribution >= 0.6 is 0 Å². The summed E-state index contributed by atoms with van der Waals surface area (Å²) in [6, 6.07) is 6.89. The Morgan fingerprint density at radius 3 is 2.68 bits per heavy atom. The number of aliphatic imine (C=N–C) groups is 1. The number of ether oxygens (including phenoxy) is 1. The van der Waals surface area contributed by atoms with E-state index in [1.165, 1.54) is 21.6 Å². The normalized spacial score (nSPS) is 27.2. The Hall–Kier alpha value is -1.88. The van der Waals surface area contributed by atoms with Crippen molar-refractivity contribution in [2.45, 2.75) is 83.9 Å². The molecule has 0 saturated heterocycles. The molecule has 1 unspecified atom stereocenters. The number of rotatable bonds is 6. The van der Waals surface area contributed by atoms with Crippen LogP contribution in [0.15, 0.2) is 23.2 Å². The lowest BCUT2D eigenvalue weighted by Gasteiger charge is -2.40. The summed E-state index contributed by atoms with van der Waals surface area (Å²) in [4.78, 5) is 18.1. The van der Waals surface area contributed by atoms with Gasteiger partial charge in [0.1, 0.15) is 0 Å². The summed E-state index contributed by atoms with van der Waals surface area (Å²) in [5.74, 6) is 0.331. The number of carbonyl (C=O) groups is 1. The Kier molecular flexibility index (Phi) is 6.43. The van der Waals surface area contributed by atoms with E-state index in [2.05, 4.69) is 25.1 Å². The predicted octanol–water partition coefficient (Wildman–Crippen LogP) is 3.99. The SMILES string of the molecule is CCCc1ccc2c(c1)C(N=C(N)N(C=O)C(C)C)C1(CCC(OC)CC1)C2. The van der Waals surface area contributed by atoms with Crippen LogP contribution in [0.4, 0.5) is 0 Å². The largest absolute Gasteiger partial charge is 0.381 e. The lowest BCUT2D eigenvalue weighted by Crippen LogP contribution is -2.42. The number of methoxy groups -OCH3 is 1. The molecular formula is C23H35N3O2. The summed E-state index contributed by atoms with van der Waals surface area (Å²) < 4.78 is 5.61. The van der Waals surface area contributed by atoms with E-state index >= 15 is 0 Å². The standard InChI is InChI=1S/C23H35N3O2/c1-5-6-17-7-8-18-14-23(11-9-19(28-4)10-12-23)21(20(18)13-17)25-22(24)26(15-27)16(2)3/h7-8,13,15-16,19,21H,5-6,9-12,14H2,1-4H3,(H2,24,25). The quantitative estimate of drug-likeness (QED) is 0.457. The molecule has 1 saturated carbocycles. The van der Waals surface area contributed by atoms with Crippen molar-refractivity contribution in [2.75, 3.05) is 7.11 Å². The van der Waals surface area contributed by atoms with Crippen molar-refractivity contribution < 1.29 is 9.53 Å². The second kappa shape index (κ2) is 8.64. The molecule has 5 nitrogen and oxygen atoms in total. The van der Waals surface area contributed by atoms with Crippen molar-refractivity contribution in [1.82, 2.24) is 4.90 Å². The van der Waals surface area contributed by atoms with E-state index in [1.807, 2.05) is 13.8 Å². The Labute approximate surface area is 169 Å². The molecular weight excluding hydrogens is 350 g/mol. The zero-order valence-corrected chi connectivity index (χ0v) is 17.8. The van der Waals surface area contributed by atoms with Gasteiger partial charge in [-0.05, 0) is 69.1 Å². The van der Waals surface area contributed by atoms with E-state index in [-0.39, 0.29) is 17.5 Å². The first-order valence-electron chi connectivity index (χ1n) is 10.7. The molecule has 5 heteroatoms. The molecule has 3 rings (SSSR count). The molecule has 2 aliphatic rings. The number of fused-ring (bicyclic) bond motifs is 1. The summed E-state index contributed by atoms with van der Waals surface area (Å²) in [6.07, 6.45) is 8.64. The van der Waals surface area contributed by atoms with E-state index in [0.29, 0.717) is 12.1 Å². The summed E-state index contributed by atoms with van der Waals surface area (Å²) >= 11 is 0. The zero-order valence-electron chi connectivity index (χ0n) is 17.8. The second-order valence-electron chi connectivity index (χ2n) is 8.75. The number of aryl methyl sites for hydroxylation is 1. The van der Waals surface area contributed by atoms with Crippen LogP contribution in [-0.2, 0) is 22.4 Å². The van der Waals surface area contributed by atoms with Gasteiger partial charge in [0.05, 0.1) is 12.1 Å². The fourth-order valence-electron chi connectivity index (χ4n) is 5.01. The maximum Gasteiger partial charge on any atom is 0.216 e. The maximum absolute atomic E-state index is 11.5. The number of hydrogen-bond acceptors (Lipinski definition) is 3. The van der Waals surface area contributed by atoms with Crippen LogP contribution in [0.2, 0.25) is 0 Å². The Balaban J connectivity index is 2.00. The molecule has 0 bridgehead atoms. The molecule has 1 spiro atoms. The van der Waals surface area contributed by atoms with Crippen molar-refractivity contribution in [3.8, 4) is 0 Å². The topological polar surface area (TPSA) is 67.9 Å². The summed E-state index contributed by atoms with van der Waals surface area (Å²) in [7, 11) is 1.81. The molecule has 1 atom stereocenters. The molecule has 2 aliphatic carbocycles. The highest BCUT2D eigenvalue weighted by molar-refractivity contribution is 5.88. The summed E-state index contributed by atoms with van der Waals surface area (Å²) in [5.41, 5.74) is 10.5. The first kappa shape index (κ1) is 20.8. The number of nitrogens with two attached hydrogens (primary N) is 1. The number of carbonyl (C=O) groups excluding carboxylic acids is 1. The molecule has 1 aromatic carbocycles. The fraction of sp³-hybridized carbons (Fsp3) is 0.652. The molecule has 154 valence electrons. The van der Waals surface area contributed by atoms with Crippen LogP contribution in [0.25, 0.3) is 0 Å². The van der Waals surface area contributed by atoms with Crippen molar-refractivity contribution >= 4 is 12.4 Å². The molecule has 28 heavy (non-hydrogen) atoms. The van der Waals surface area contributed by atoms with Gasteiger partial charge in [-0.2, -0.15) is 0 Å². The lowest BCUT2D eigenvalue weighted by atomic mass is 9.68. The molecule has 1 amide bonds. The van der Waals surface area contributed by atoms with Gasteiger partial charge in [0.15, 0.2) is 5.96 Å². The minimum atomic E-state index is -0.00581. The molecule has 1 aromatic rings. The monoisotopic (exact) mass is 385 g/mol. The van der Waals surface area contributed by atoms with E-state index < -0.39 is 0 Å². The number of benzene rings is 1. The van der Waals surface area contributed by atoms with Crippen LogP contribution in [0, 0.1) is 5.41 Å². The Bertz CT molecular complexity index is 721. The molecule has 0 radical (unpaired) electrons. The molecule has 0 aromatic heterocycles. The van der Waals surface area contributed by atoms with Gasteiger partial charge in [-0.3, -0.25) is 9.69 Å². The molecule has 1 fully saturated rings. The molecule has 0 heterocycles. The van der Waals surface area contributed by atoms with Crippen molar-refractivity contribution in [1.29, 1.82) is 0 Å². The van der Waals surface area contributed by atoms with Gasteiger partial charge in [-0.25, -0.2) is 4.99 Å². The minimum absolute atomic E-state index is 0.00581. The van der Waals surface area contributed by atoms with Crippen LogP contribution in [-0.4, -0.2) is 36.5 Å². The third-order valence-electron chi connectivity index (χ3n) is 6.62. The second-order valence-corrected chi connectivity index (χ2v) is 8.75. The van der Waals surface area contributed by atoms with Crippen molar-refractivity contribution in [3.63, 3.8) is 0 Å². The number of hydrogen-bond donors (Lipinski definition) is 1. The highest BCUT2D eigenvalue weighted by atomic mass is 16.5. The van der Waals surface area contributed by atoms with E-state index in [0.717, 1.165) is 51.4 Å². The lowest BCUT2D eigenvalue weighted by molar-refractivity contribution is -0.115. The smallest absolute Gasteiger partial charge is 0.216 e. The third kappa shape index (κ3) is 3.95. The average Bonchev–Trinajstić information content (AvgIpc) is 2.96. The predicted molar refractivity (Wildman–Crippen MR) is 113 cm³/mol. The van der Waals surface area contributed by atoms with Crippen molar-refractivity contribution in [2.24, 2.45) is 16.1 Å². The number of nitrogens with zero attached hydrogens (tertiary/aromatic N) is 2. The van der Waals surface area contributed by atoms with Gasteiger partial charge in [0.25, 0.3) is 0 Å². The maximum atomic E-state index is 11.5. The summed E-state index contributed by atoms with van der Waals surface area (Å²) in [6.45, 7) is 6.12. The first-order valence-corrected chi connectivity index (χ1v) is 10.7. The van der Waals surface area contributed by atoms with Crippen molar-refractivity contribution in [3.05, 3.63) is 34.9 Å². The van der Waals surface area contributed by atoms with Crippen LogP contribution in [0.5, 0.6) is 0 Å². The molecule has 2 N–H and O–H groups in total. The fourth-order valence-corrected chi connectivity index (χ4v) is 5.01. The first-order chi connectivity index (χ1) is 13.4. The minimum Gasteiger partial charge on any atom is -0.381 e. The Morgan fingerprint density at radius 2 is 2.11 bits per heavy atom. The van der Waals surface area contributed by atoms with Gasteiger partial charge in [-0.15, -0.1) is 0 Å². The van der Waals surface area contributed by atoms with Gasteiger partial charge < -0.3 is 10.5 Å². The van der Waals surface area contributed by atoms with Crippen LogP contribution < -0.4 is 5.73 Å². The van der Waals surface area contributed by atoms with Crippen LogP contribution in [0.3, 0.4) is 0 Å². The van der Waals surface area contributed by atoms with Gasteiger partial charge in [0, 0.05) is 18.6 Å². The zero-order chi connectivity index (χ0) is 20.3. The highest BCUT2D eigenvalue weighted by Gasteiger charge is 2.48. The Morgan fingerprint density at radius 1 is 1.39 bits per heavy atom. The summed E-state index contributed by atoms with van der Waals surface area (Å²) in [5, 5.41) is 0. The number of amides is 1.